The van der Waals surface area contributed by atoms with Crippen LogP contribution in [0.3, 0.4) is 0 Å². The monoisotopic (exact) mass is 423 g/mol. The van der Waals surface area contributed by atoms with Gasteiger partial charge in [0.15, 0.2) is 12.4 Å². The highest BCUT2D eigenvalue weighted by Gasteiger charge is 2.13. The van der Waals surface area contributed by atoms with Crippen molar-refractivity contribution < 1.29 is 9.53 Å². The van der Waals surface area contributed by atoms with Gasteiger partial charge in [0, 0.05) is 18.3 Å². The van der Waals surface area contributed by atoms with E-state index in [0.29, 0.717) is 22.2 Å². The number of halogens is 2. The Hall–Kier alpha value is -2.32. The van der Waals surface area contributed by atoms with Gasteiger partial charge in [0.05, 0.1) is 22.1 Å². The lowest BCUT2D eigenvalue weighted by molar-refractivity contribution is 0.102. The number of carbonyl (C=O) groups excluding carboxylic acids is 1. The van der Waals surface area contributed by atoms with E-state index in [2.05, 4.69) is 31.4 Å². The van der Waals surface area contributed by atoms with Gasteiger partial charge in [-0.3, -0.25) is 9.48 Å². The fourth-order valence-electron chi connectivity index (χ4n) is 2.09. The number of amides is 1. The highest BCUT2D eigenvalue weighted by atomic mass is 79.9. The Morgan fingerprint density at radius 1 is 1.40 bits per heavy atom. The van der Waals surface area contributed by atoms with Crippen LogP contribution in [0.1, 0.15) is 16.2 Å². The summed E-state index contributed by atoms with van der Waals surface area (Å²) in [4.78, 5) is 12.3. The van der Waals surface area contributed by atoms with Gasteiger partial charge in [-0.25, -0.2) is 4.68 Å². The van der Waals surface area contributed by atoms with Gasteiger partial charge in [-0.1, -0.05) is 11.6 Å². The topological polar surface area (TPSA) is 74.0 Å². The maximum atomic E-state index is 12.3. The Kier molecular flexibility index (Phi) is 5.10. The van der Waals surface area contributed by atoms with Gasteiger partial charge in [0.1, 0.15) is 5.75 Å². The van der Waals surface area contributed by atoms with E-state index >= 15 is 0 Å². The van der Waals surface area contributed by atoms with E-state index in [4.69, 9.17) is 16.3 Å². The van der Waals surface area contributed by atoms with Crippen LogP contribution in [-0.4, -0.2) is 25.5 Å². The molecule has 3 aromatic rings. The van der Waals surface area contributed by atoms with E-state index in [1.807, 2.05) is 14.0 Å². The summed E-state index contributed by atoms with van der Waals surface area (Å²) in [5.41, 5.74) is 1.81. The van der Waals surface area contributed by atoms with Crippen molar-refractivity contribution in [1.29, 1.82) is 0 Å². The maximum absolute atomic E-state index is 12.3. The molecule has 0 saturated heterocycles. The van der Waals surface area contributed by atoms with Gasteiger partial charge in [-0.2, -0.15) is 10.2 Å². The van der Waals surface area contributed by atoms with Crippen molar-refractivity contribution in [2.75, 3.05) is 5.32 Å². The summed E-state index contributed by atoms with van der Waals surface area (Å²) in [6, 6.07) is 6.87. The number of nitrogens with zero attached hydrogens (tertiary/aromatic N) is 4. The Balaban J connectivity index is 1.63. The van der Waals surface area contributed by atoms with Crippen molar-refractivity contribution in [3.05, 3.63) is 57.5 Å². The Morgan fingerprint density at radius 3 is 2.88 bits per heavy atom. The molecule has 0 spiro atoms. The number of hydrogen-bond donors (Lipinski definition) is 1. The first-order valence-electron chi connectivity index (χ1n) is 7.35. The summed E-state index contributed by atoms with van der Waals surface area (Å²) in [6.07, 6.45) is 3.28. The molecule has 0 fully saturated rings. The van der Waals surface area contributed by atoms with E-state index < -0.39 is 0 Å². The van der Waals surface area contributed by atoms with Gasteiger partial charge in [0.25, 0.3) is 5.91 Å². The molecule has 2 aromatic heterocycles. The molecule has 0 aliphatic heterocycles. The molecule has 1 aromatic carbocycles. The summed E-state index contributed by atoms with van der Waals surface area (Å²) in [7, 11) is 1.81. The molecule has 3 rings (SSSR count). The standard InChI is InChI=1S/C16H15BrClN5O2/c1-10-14(8-19-22(10)2)20-16(24)13-5-6-23(21-13)9-25-15-4-3-11(18)7-12(15)17/h3-8H,9H2,1-2H3,(H,20,24). The molecular formula is C16H15BrClN5O2. The van der Waals surface area contributed by atoms with Crippen molar-refractivity contribution >= 4 is 39.1 Å². The lowest BCUT2D eigenvalue weighted by Crippen LogP contribution is -2.14. The number of nitrogens with one attached hydrogen (secondary N) is 1. The van der Waals surface area contributed by atoms with Crippen LogP contribution in [0.4, 0.5) is 5.69 Å². The number of hydrogen-bond acceptors (Lipinski definition) is 4. The molecule has 130 valence electrons. The molecule has 0 saturated carbocycles. The van der Waals surface area contributed by atoms with E-state index in [0.717, 1.165) is 10.2 Å². The molecular weight excluding hydrogens is 410 g/mol. The number of anilines is 1. The predicted molar refractivity (Wildman–Crippen MR) is 97.9 cm³/mol. The lowest BCUT2D eigenvalue weighted by Gasteiger charge is -2.08. The number of aryl methyl sites for hydroxylation is 1. The van der Waals surface area contributed by atoms with Crippen LogP contribution in [0.15, 0.2) is 41.1 Å². The van der Waals surface area contributed by atoms with Crippen LogP contribution in [0.2, 0.25) is 5.02 Å². The zero-order valence-corrected chi connectivity index (χ0v) is 15.9. The Bertz CT molecular complexity index is 921. The zero-order valence-electron chi connectivity index (χ0n) is 13.5. The fourth-order valence-corrected chi connectivity index (χ4v) is 2.89. The van der Waals surface area contributed by atoms with Crippen molar-refractivity contribution in [1.82, 2.24) is 19.6 Å². The molecule has 0 radical (unpaired) electrons. The van der Waals surface area contributed by atoms with Crippen LogP contribution < -0.4 is 10.1 Å². The first-order chi connectivity index (χ1) is 11.9. The van der Waals surface area contributed by atoms with Gasteiger partial charge >= 0.3 is 0 Å². The van der Waals surface area contributed by atoms with E-state index in [9.17, 15) is 4.79 Å². The predicted octanol–water partition coefficient (Wildman–Crippen LogP) is 3.63. The number of ether oxygens (including phenoxy) is 1. The summed E-state index contributed by atoms with van der Waals surface area (Å²) in [6.45, 7) is 2.04. The molecule has 0 unspecified atom stereocenters. The molecule has 2 heterocycles. The van der Waals surface area contributed by atoms with Crippen molar-refractivity contribution in [3.8, 4) is 5.75 Å². The third kappa shape index (κ3) is 4.02. The van der Waals surface area contributed by atoms with Crippen molar-refractivity contribution in [2.45, 2.75) is 13.7 Å². The van der Waals surface area contributed by atoms with E-state index in [1.165, 1.54) is 4.68 Å². The molecule has 1 amide bonds. The molecule has 9 heteroatoms. The smallest absolute Gasteiger partial charge is 0.276 e. The molecule has 0 bridgehead atoms. The van der Waals surface area contributed by atoms with E-state index in [-0.39, 0.29) is 12.6 Å². The average Bonchev–Trinajstić information content (AvgIpc) is 3.16. The average molecular weight is 425 g/mol. The minimum Gasteiger partial charge on any atom is -0.470 e. The maximum Gasteiger partial charge on any atom is 0.276 e. The molecule has 7 nitrogen and oxygen atoms in total. The second-order valence-electron chi connectivity index (χ2n) is 5.31. The summed E-state index contributed by atoms with van der Waals surface area (Å²) >= 11 is 9.28. The minimum absolute atomic E-state index is 0.166. The largest absolute Gasteiger partial charge is 0.470 e. The number of rotatable bonds is 5. The molecule has 0 atom stereocenters. The lowest BCUT2D eigenvalue weighted by atomic mass is 10.3. The van der Waals surface area contributed by atoms with Crippen LogP contribution in [0.5, 0.6) is 5.75 Å². The number of aromatic nitrogens is 4. The van der Waals surface area contributed by atoms with Crippen molar-refractivity contribution in [3.63, 3.8) is 0 Å². The first-order valence-corrected chi connectivity index (χ1v) is 8.52. The van der Waals surface area contributed by atoms with Gasteiger partial charge in [-0.15, -0.1) is 0 Å². The van der Waals surface area contributed by atoms with Crippen LogP contribution in [0.25, 0.3) is 0 Å². The summed E-state index contributed by atoms with van der Waals surface area (Å²) < 4.78 is 9.63. The number of benzene rings is 1. The Labute approximate surface area is 157 Å². The van der Waals surface area contributed by atoms with E-state index in [1.54, 1.807) is 41.3 Å². The van der Waals surface area contributed by atoms with Gasteiger partial charge in [-0.05, 0) is 47.1 Å². The van der Waals surface area contributed by atoms with Crippen molar-refractivity contribution in [2.24, 2.45) is 7.05 Å². The van der Waals surface area contributed by atoms with Gasteiger partial charge in [0.2, 0.25) is 0 Å². The second-order valence-corrected chi connectivity index (χ2v) is 6.60. The zero-order chi connectivity index (χ0) is 18.0. The summed E-state index contributed by atoms with van der Waals surface area (Å²) in [5.74, 6) is 0.333. The van der Waals surface area contributed by atoms with Crippen LogP contribution in [-0.2, 0) is 13.8 Å². The molecule has 1 N–H and O–H groups in total. The highest BCUT2D eigenvalue weighted by Crippen LogP contribution is 2.28. The Morgan fingerprint density at radius 2 is 2.20 bits per heavy atom. The first kappa shape index (κ1) is 17.5. The van der Waals surface area contributed by atoms with Gasteiger partial charge < -0.3 is 10.1 Å². The van der Waals surface area contributed by atoms with Crippen LogP contribution in [0, 0.1) is 6.92 Å². The quantitative estimate of drug-likeness (QED) is 0.679. The fraction of sp³-hybridized carbons (Fsp3) is 0.188. The highest BCUT2D eigenvalue weighted by molar-refractivity contribution is 9.10. The molecule has 0 aliphatic carbocycles. The molecule has 0 aliphatic rings. The van der Waals surface area contributed by atoms with Crippen LogP contribution >= 0.6 is 27.5 Å². The molecule has 25 heavy (non-hydrogen) atoms. The summed E-state index contributed by atoms with van der Waals surface area (Å²) in [5, 5.41) is 11.7. The third-order valence-electron chi connectivity index (χ3n) is 3.60. The third-order valence-corrected chi connectivity index (χ3v) is 4.46. The number of carbonyl (C=O) groups is 1. The SMILES string of the molecule is Cc1c(NC(=O)c2ccn(COc3ccc(Cl)cc3Br)n2)cnn1C. The minimum atomic E-state index is -0.303. The second kappa shape index (κ2) is 7.28. The normalized spacial score (nSPS) is 10.7.